The molecule has 0 unspecified atom stereocenters. The molecule has 1 aromatic carbocycles. The maximum Gasteiger partial charge on any atom is 0.269 e. The molecule has 0 heterocycles. The summed E-state index contributed by atoms with van der Waals surface area (Å²) < 4.78 is 0. The predicted molar refractivity (Wildman–Crippen MR) is 54.4 cm³/mol. The van der Waals surface area contributed by atoms with E-state index in [4.69, 9.17) is 5.73 Å². The van der Waals surface area contributed by atoms with Crippen LogP contribution in [-0.4, -0.2) is 16.6 Å². The standard InChI is InChI=1S/C8H10N2O3.ClH/c9-5-8(11)6-1-3-7(4-2-6)10(12)13;/h1-4,8,11H,5,9H2;1H/t8-;/m1./s1. The summed E-state index contributed by atoms with van der Waals surface area (Å²) >= 11 is 0. The molecule has 0 bridgehead atoms. The van der Waals surface area contributed by atoms with Crippen molar-refractivity contribution in [2.24, 2.45) is 5.73 Å². The van der Waals surface area contributed by atoms with Gasteiger partial charge in [0.15, 0.2) is 0 Å². The van der Waals surface area contributed by atoms with Crippen molar-refractivity contribution >= 4 is 18.1 Å². The number of nitro groups is 1. The molecule has 1 rings (SSSR count). The van der Waals surface area contributed by atoms with Gasteiger partial charge >= 0.3 is 0 Å². The number of nitro benzene ring substituents is 1. The van der Waals surface area contributed by atoms with Gasteiger partial charge in [-0.1, -0.05) is 0 Å². The second-order valence-corrected chi connectivity index (χ2v) is 2.60. The molecule has 3 N–H and O–H groups in total. The van der Waals surface area contributed by atoms with Crippen molar-refractivity contribution in [2.75, 3.05) is 6.54 Å². The van der Waals surface area contributed by atoms with E-state index in [1.807, 2.05) is 0 Å². The first-order valence-electron chi connectivity index (χ1n) is 3.77. The van der Waals surface area contributed by atoms with Crippen LogP contribution in [0.1, 0.15) is 11.7 Å². The van der Waals surface area contributed by atoms with E-state index in [1.165, 1.54) is 24.3 Å². The summed E-state index contributed by atoms with van der Waals surface area (Å²) in [6.45, 7) is 0.109. The number of aliphatic hydroxyl groups is 1. The highest BCUT2D eigenvalue weighted by molar-refractivity contribution is 5.85. The van der Waals surface area contributed by atoms with E-state index in [-0.39, 0.29) is 24.6 Å². The molecule has 6 heteroatoms. The van der Waals surface area contributed by atoms with E-state index in [0.29, 0.717) is 5.56 Å². The molecule has 0 saturated carbocycles. The van der Waals surface area contributed by atoms with Gasteiger partial charge in [0.2, 0.25) is 0 Å². The topological polar surface area (TPSA) is 89.4 Å². The minimum atomic E-state index is -0.749. The van der Waals surface area contributed by atoms with Crippen LogP contribution >= 0.6 is 12.4 Å². The molecule has 0 aliphatic carbocycles. The molecular weight excluding hydrogens is 208 g/mol. The molecule has 0 aliphatic heterocycles. The molecule has 0 radical (unpaired) electrons. The van der Waals surface area contributed by atoms with Crippen LogP contribution in [0.5, 0.6) is 0 Å². The monoisotopic (exact) mass is 218 g/mol. The van der Waals surface area contributed by atoms with Gasteiger partial charge in [-0.05, 0) is 17.7 Å². The number of nitrogens with zero attached hydrogens (tertiary/aromatic N) is 1. The maximum atomic E-state index is 10.3. The number of rotatable bonds is 3. The summed E-state index contributed by atoms with van der Waals surface area (Å²) in [5.41, 5.74) is 5.82. The van der Waals surface area contributed by atoms with Crippen molar-refractivity contribution in [1.82, 2.24) is 0 Å². The second-order valence-electron chi connectivity index (χ2n) is 2.60. The smallest absolute Gasteiger partial charge is 0.269 e. The Labute approximate surface area is 87.1 Å². The highest BCUT2D eigenvalue weighted by Gasteiger charge is 2.08. The Balaban J connectivity index is 0.00000169. The number of aliphatic hydroxyl groups excluding tert-OH is 1. The number of benzene rings is 1. The van der Waals surface area contributed by atoms with Gasteiger partial charge in [0.25, 0.3) is 5.69 Å². The number of non-ortho nitro benzene ring substituents is 1. The summed E-state index contributed by atoms with van der Waals surface area (Å²) in [5, 5.41) is 19.5. The highest BCUT2D eigenvalue weighted by Crippen LogP contribution is 2.16. The Hall–Kier alpha value is -1.17. The molecule has 1 aromatic rings. The SMILES string of the molecule is Cl.NC[C@@H](O)c1ccc([N+](=O)[O-])cc1. The summed E-state index contributed by atoms with van der Waals surface area (Å²) in [5.74, 6) is 0. The van der Waals surface area contributed by atoms with E-state index < -0.39 is 11.0 Å². The average molecular weight is 219 g/mol. The van der Waals surface area contributed by atoms with Crippen LogP contribution in [0.3, 0.4) is 0 Å². The Bertz CT molecular complexity index is 302. The fourth-order valence-corrected chi connectivity index (χ4v) is 0.954. The van der Waals surface area contributed by atoms with Gasteiger partial charge in [0.05, 0.1) is 11.0 Å². The molecule has 0 spiro atoms. The van der Waals surface area contributed by atoms with Crippen LogP contribution in [0.25, 0.3) is 0 Å². The molecular formula is C8H11ClN2O3. The highest BCUT2D eigenvalue weighted by atomic mass is 35.5. The molecule has 0 aliphatic rings. The van der Waals surface area contributed by atoms with Crippen LogP contribution in [0.15, 0.2) is 24.3 Å². The third kappa shape index (κ3) is 2.95. The Morgan fingerprint density at radius 2 is 1.93 bits per heavy atom. The largest absolute Gasteiger partial charge is 0.387 e. The molecule has 0 amide bonds. The summed E-state index contributed by atoms with van der Waals surface area (Å²) in [7, 11) is 0. The summed E-state index contributed by atoms with van der Waals surface area (Å²) in [4.78, 5) is 9.78. The number of hydrogen-bond donors (Lipinski definition) is 2. The quantitative estimate of drug-likeness (QED) is 0.585. The van der Waals surface area contributed by atoms with Crippen LogP contribution in [-0.2, 0) is 0 Å². The first kappa shape index (κ1) is 12.8. The minimum Gasteiger partial charge on any atom is -0.387 e. The molecule has 0 saturated heterocycles. The average Bonchev–Trinajstić information content (AvgIpc) is 2.17. The lowest BCUT2D eigenvalue weighted by molar-refractivity contribution is -0.384. The third-order valence-corrected chi connectivity index (χ3v) is 1.71. The van der Waals surface area contributed by atoms with Gasteiger partial charge < -0.3 is 10.8 Å². The first-order valence-corrected chi connectivity index (χ1v) is 3.77. The van der Waals surface area contributed by atoms with Crippen molar-refractivity contribution in [2.45, 2.75) is 6.10 Å². The zero-order chi connectivity index (χ0) is 9.84. The Kier molecular flexibility index (Phi) is 5.07. The van der Waals surface area contributed by atoms with Gasteiger partial charge in [-0.2, -0.15) is 0 Å². The van der Waals surface area contributed by atoms with E-state index in [9.17, 15) is 15.2 Å². The number of halogens is 1. The number of hydrogen-bond acceptors (Lipinski definition) is 4. The second kappa shape index (κ2) is 5.54. The van der Waals surface area contributed by atoms with Gasteiger partial charge in [0.1, 0.15) is 0 Å². The van der Waals surface area contributed by atoms with Crippen LogP contribution in [0.2, 0.25) is 0 Å². The fourth-order valence-electron chi connectivity index (χ4n) is 0.954. The summed E-state index contributed by atoms with van der Waals surface area (Å²) in [6, 6.07) is 5.67. The molecule has 1 atom stereocenters. The van der Waals surface area contributed by atoms with Crippen LogP contribution < -0.4 is 5.73 Å². The zero-order valence-corrected chi connectivity index (χ0v) is 8.11. The van der Waals surface area contributed by atoms with Crippen molar-refractivity contribution in [3.63, 3.8) is 0 Å². The van der Waals surface area contributed by atoms with E-state index >= 15 is 0 Å². The lowest BCUT2D eigenvalue weighted by Gasteiger charge is -2.06. The van der Waals surface area contributed by atoms with Crippen molar-refractivity contribution < 1.29 is 10.0 Å². The third-order valence-electron chi connectivity index (χ3n) is 1.71. The lowest BCUT2D eigenvalue weighted by atomic mass is 10.1. The Morgan fingerprint density at radius 3 is 2.29 bits per heavy atom. The van der Waals surface area contributed by atoms with Gasteiger partial charge in [0, 0.05) is 18.7 Å². The fraction of sp³-hybridized carbons (Fsp3) is 0.250. The molecule has 14 heavy (non-hydrogen) atoms. The molecule has 78 valence electrons. The lowest BCUT2D eigenvalue weighted by Crippen LogP contribution is -2.11. The normalized spacial score (nSPS) is 11.6. The van der Waals surface area contributed by atoms with Crippen molar-refractivity contribution in [1.29, 1.82) is 0 Å². The van der Waals surface area contributed by atoms with Gasteiger partial charge in [-0.25, -0.2) is 0 Å². The van der Waals surface area contributed by atoms with E-state index in [0.717, 1.165) is 0 Å². The van der Waals surface area contributed by atoms with Gasteiger partial charge in [-0.3, -0.25) is 10.1 Å². The summed E-state index contributed by atoms with van der Waals surface area (Å²) in [6.07, 6.45) is -0.749. The molecule has 0 fully saturated rings. The van der Waals surface area contributed by atoms with E-state index in [1.54, 1.807) is 0 Å². The molecule has 5 nitrogen and oxygen atoms in total. The van der Waals surface area contributed by atoms with Crippen LogP contribution in [0.4, 0.5) is 5.69 Å². The van der Waals surface area contributed by atoms with Crippen molar-refractivity contribution in [3.05, 3.63) is 39.9 Å². The Morgan fingerprint density at radius 1 is 1.43 bits per heavy atom. The van der Waals surface area contributed by atoms with E-state index in [2.05, 4.69) is 0 Å². The maximum absolute atomic E-state index is 10.3. The van der Waals surface area contributed by atoms with Gasteiger partial charge in [-0.15, -0.1) is 12.4 Å². The molecule has 0 aromatic heterocycles. The minimum absolute atomic E-state index is 0. The number of nitrogens with two attached hydrogens (primary N) is 1. The van der Waals surface area contributed by atoms with Crippen LogP contribution in [0, 0.1) is 10.1 Å². The predicted octanol–water partition coefficient (Wildman–Crippen LogP) is 1.01. The first-order chi connectivity index (χ1) is 6.15. The zero-order valence-electron chi connectivity index (χ0n) is 7.29. The van der Waals surface area contributed by atoms with Crippen molar-refractivity contribution in [3.8, 4) is 0 Å².